The highest BCUT2D eigenvalue weighted by Gasteiger charge is 2.23. The van der Waals surface area contributed by atoms with Gasteiger partial charge < -0.3 is 14.6 Å². The van der Waals surface area contributed by atoms with E-state index in [1.54, 1.807) is 6.26 Å². The third-order valence-electron chi connectivity index (χ3n) is 3.44. The second kappa shape index (κ2) is 5.75. The van der Waals surface area contributed by atoms with Crippen LogP contribution in [-0.2, 0) is 6.54 Å². The zero-order valence-corrected chi connectivity index (χ0v) is 12.1. The number of rotatable bonds is 4. The normalized spacial score (nSPS) is 19.0. The number of hydrogen-bond acceptors (Lipinski definition) is 4. The topological polar surface area (TPSA) is 41.3 Å². The molecule has 1 atom stereocenters. The molecule has 0 unspecified atom stereocenters. The van der Waals surface area contributed by atoms with Crippen LogP contribution >= 0.6 is 15.9 Å². The first-order chi connectivity index (χ1) is 9.33. The van der Waals surface area contributed by atoms with Crippen molar-refractivity contribution in [1.29, 1.82) is 0 Å². The number of nitrogens with zero attached hydrogens (tertiary/aromatic N) is 2. The largest absolute Gasteiger partial charge is 0.451 e. The summed E-state index contributed by atoms with van der Waals surface area (Å²) in [5, 5.41) is 3.52. The zero-order chi connectivity index (χ0) is 13.1. The van der Waals surface area contributed by atoms with Crippen LogP contribution in [0, 0.1) is 0 Å². The fraction of sp³-hybridized carbons (Fsp3) is 0.357. The first kappa shape index (κ1) is 12.7. The molecule has 0 bridgehead atoms. The van der Waals surface area contributed by atoms with Crippen molar-refractivity contribution in [2.75, 3.05) is 18.0 Å². The Kier molecular flexibility index (Phi) is 3.84. The van der Waals surface area contributed by atoms with Gasteiger partial charge in [-0.05, 0) is 34.5 Å². The number of nitrogens with one attached hydrogen (secondary N) is 1. The van der Waals surface area contributed by atoms with Crippen LogP contribution in [0.25, 0.3) is 0 Å². The number of para-hydroxylation sites is 1. The molecule has 3 rings (SSSR count). The molecule has 0 aliphatic carbocycles. The number of anilines is 1. The minimum absolute atomic E-state index is 0.504. The highest BCUT2D eigenvalue weighted by molar-refractivity contribution is 9.10. The molecule has 1 aromatic heterocycles. The van der Waals surface area contributed by atoms with Crippen LogP contribution in [-0.4, -0.2) is 24.1 Å². The van der Waals surface area contributed by atoms with Crippen LogP contribution in [0.3, 0.4) is 0 Å². The Balaban J connectivity index is 1.57. The molecule has 100 valence electrons. The van der Waals surface area contributed by atoms with Gasteiger partial charge >= 0.3 is 0 Å². The Morgan fingerprint density at radius 1 is 1.42 bits per heavy atom. The number of benzene rings is 1. The van der Waals surface area contributed by atoms with E-state index in [1.165, 1.54) is 12.1 Å². The monoisotopic (exact) mass is 321 g/mol. The van der Waals surface area contributed by atoms with Crippen molar-refractivity contribution < 1.29 is 4.42 Å². The van der Waals surface area contributed by atoms with Gasteiger partial charge in [0.2, 0.25) is 0 Å². The molecule has 19 heavy (non-hydrogen) atoms. The summed E-state index contributed by atoms with van der Waals surface area (Å²) in [7, 11) is 0. The minimum Gasteiger partial charge on any atom is -0.451 e. The Morgan fingerprint density at radius 3 is 3.11 bits per heavy atom. The first-order valence-electron chi connectivity index (χ1n) is 6.43. The van der Waals surface area contributed by atoms with Gasteiger partial charge in [-0.15, -0.1) is 0 Å². The molecule has 0 spiro atoms. The third-order valence-corrected chi connectivity index (χ3v) is 4.11. The smallest absolute Gasteiger partial charge is 0.180 e. The van der Waals surface area contributed by atoms with Gasteiger partial charge in [0, 0.05) is 30.1 Å². The predicted molar refractivity (Wildman–Crippen MR) is 78.1 cm³/mol. The van der Waals surface area contributed by atoms with E-state index in [0.29, 0.717) is 6.04 Å². The molecule has 5 heteroatoms. The molecule has 0 amide bonds. The molecular weight excluding hydrogens is 306 g/mol. The fourth-order valence-electron chi connectivity index (χ4n) is 2.43. The van der Waals surface area contributed by atoms with Gasteiger partial charge in [0.25, 0.3) is 0 Å². The third kappa shape index (κ3) is 2.98. The molecule has 2 aromatic rings. The summed E-state index contributed by atoms with van der Waals surface area (Å²) in [5.41, 5.74) is 2.23. The van der Waals surface area contributed by atoms with Gasteiger partial charge in [-0.3, -0.25) is 0 Å². The lowest BCUT2D eigenvalue weighted by atomic mass is 10.2. The molecule has 2 heterocycles. The van der Waals surface area contributed by atoms with Gasteiger partial charge in [0.05, 0.1) is 11.4 Å². The van der Waals surface area contributed by atoms with Crippen LogP contribution in [0.4, 0.5) is 5.69 Å². The van der Waals surface area contributed by atoms with Crippen LogP contribution in [0.1, 0.15) is 12.1 Å². The number of halogens is 1. The summed E-state index contributed by atoms with van der Waals surface area (Å²) in [4.78, 5) is 6.53. The Bertz CT molecular complexity index is 529. The standard InChI is InChI=1S/C14H16BrN3O/c15-13-3-1-2-4-14(13)18-6-5-11(8-18)16-7-12-9-19-10-17-12/h1-4,9-11,16H,5-8H2/t11-/m1/s1. The van der Waals surface area contributed by atoms with Gasteiger partial charge in [-0.25, -0.2) is 4.98 Å². The summed E-state index contributed by atoms with van der Waals surface area (Å²) in [6.45, 7) is 2.88. The molecular formula is C14H16BrN3O. The lowest BCUT2D eigenvalue weighted by Crippen LogP contribution is -2.32. The molecule has 1 aliphatic heterocycles. The summed E-state index contributed by atoms with van der Waals surface area (Å²) in [6, 6.07) is 8.87. The molecule has 0 saturated carbocycles. The highest BCUT2D eigenvalue weighted by Crippen LogP contribution is 2.28. The van der Waals surface area contributed by atoms with E-state index < -0.39 is 0 Å². The van der Waals surface area contributed by atoms with Crippen molar-refractivity contribution in [3.05, 3.63) is 47.1 Å². The molecule has 1 aliphatic rings. The summed E-state index contributed by atoms with van der Waals surface area (Å²) < 4.78 is 6.13. The molecule has 1 saturated heterocycles. The molecule has 1 fully saturated rings. The summed E-state index contributed by atoms with van der Waals surface area (Å²) in [6.07, 6.45) is 4.31. The molecule has 4 nitrogen and oxygen atoms in total. The maximum atomic E-state index is 4.97. The molecule has 1 N–H and O–H groups in total. The van der Waals surface area contributed by atoms with Crippen molar-refractivity contribution in [3.63, 3.8) is 0 Å². The lowest BCUT2D eigenvalue weighted by molar-refractivity contribution is 0.536. The van der Waals surface area contributed by atoms with E-state index >= 15 is 0 Å². The first-order valence-corrected chi connectivity index (χ1v) is 7.22. The van der Waals surface area contributed by atoms with E-state index in [4.69, 9.17) is 4.42 Å². The number of aromatic nitrogens is 1. The number of oxazole rings is 1. The van der Waals surface area contributed by atoms with Crippen molar-refractivity contribution in [1.82, 2.24) is 10.3 Å². The Morgan fingerprint density at radius 2 is 2.32 bits per heavy atom. The van der Waals surface area contributed by atoms with E-state index in [9.17, 15) is 0 Å². The second-order valence-electron chi connectivity index (χ2n) is 4.74. The summed E-state index contributed by atoms with van der Waals surface area (Å²) in [5.74, 6) is 0. The van der Waals surface area contributed by atoms with Crippen LogP contribution in [0.5, 0.6) is 0 Å². The van der Waals surface area contributed by atoms with Crippen molar-refractivity contribution in [3.8, 4) is 0 Å². The van der Waals surface area contributed by atoms with Gasteiger partial charge in [0.15, 0.2) is 6.39 Å². The number of hydrogen-bond donors (Lipinski definition) is 1. The zero-order valence-electron chi connectivity index (χ0n) is 10.6. The van der Waals surface area contributed by atoms with E-state index in [2.05, 4.69) is 49.3 Å². The highest BCUT2D eigenvalue weighted by atomic mass is 79.9. The van der Waals surface area contributed by atoms with Gasteiger partial charge in [-0.1, -0.05) is 12.1 Å². The van der Waals surface area contributed by atoms with Gasteiger partial charge in [-0.2, -0.15) is 0 Å². The average molecular weight is 322 g/mol. The SMILES string of the molecule is Brc1ccccc1N1CC[C@@H](NCc2cocn2)C1. The molecule has 0 radical (unpaired) electrons. The predicted octanol–water partition coefficient (Wildman–Crippen LogP) is 2.81. The minimum atomic E-state index is 0.504. The fourth-order valence-corrected chi connectivity index (χ4v) is 2.96. The lowest BCUT2D eigenvalue weighted by Gasteiger charge is -2.20. The molecule has 1 aromatic carbocycles. The maximum absolute atomic E-state index is 4.97. The van der Waals surface area contributed by atoms with E-state index in [0.717, 1.165) is 36.2 Å². The van der Waals surface area contributed by atoms with Crippen LogP contribution in [0.15, 0.2) is 45.8 Å². The Labute approximate surface area is 120 Å². The summed E-state index contributed by atoms with van der Waals surface area (Å²) >= 11 is 3.61. The van der Waals surface area contributed by atoms with Crippen LogP contribution < -0.4 is 10.2 Å². The quantitative estimate of drug-likeness (QED) is 0.940. The van der Waals surface area contributed by atoms with E-state index in [1.807, 2.05) is 6.07 Å². The van der Waals surface area contributed by atoms with Crippen molar-refractivity contribution in [2.45, 2.75) is 19.0 Å². The van der Waals surface area contributed by atoms with Gasteiger partial charge in [0.1, 0.15) is 6.26 Å². The van der Waals surface area contributed by atoms with Crippen molar-refractivity contribution in [2.24, 2.45) is 0 Å². The Hall–Kier alpha value is -1.33. The van der Waals surface area contributed by atoms with Crippen LogP contribution in [0.2, 0.25) is 0 Å². The van der Waals surface area contributed by atoms with E-state index in [-0.39, 0.29) is 0 Å². The maximum Gasteiger partial charge on any atom is 0.180 e. The van der Waals surface area contributed by atoms with Crippen molar-refractivity contribution >= 4 is 21.6 Å². The average Bonchev–Trinajstić information content (AvgIpc) is 3.08. The second-order valence-corrected chi connectivity index (χ2v) is 5.60.